The number of hydrogen-bond donors (Lipinski definition) is 0. The first-order chi connectivity index (χ1) is 11.5. The Balaban J connectivity index is 2.11. The molecule has 0 aliphatic heterocycles. The van der Waals surface area contributed by atoms with Gasteiger partial charge in [0.05, 0.1) is 23.8 Å². The summed E-state index contributed by atoms with van der Waals surface area (Å²) in [6, 6.07) is 6.64. The van der Waals surface area contributed by atoms with Crippen LogP contribution in [0.3, 0.4) is 0 Å². The van der Waals surface area contributed by atoms with Crippen molar-refractivity contribution in [3.05, 3.63) is 51.2 Å². The molecule has 0 amide bonds. The number of pyridine rings is 1. The first kappa shape index (κ1) is 18.5. The van der Waals surface area contributed by atoms with Crippen LogP contribution >= 0.6 is 27.5 Å². The van der Waals surface area contributed by atoms with Gasteiger partial charge in [-0.05, 0) is 40.5 Å². The lowest BCUT2D eigenvalue weighted by Crippen LogP contribution is -2.07. The molecule has 1 heterocycles. The molecule has 0 radical (unpaired) electrons. The van der Waals surface area contributed by atoms with E-state index in [-0.39, 0.29) is 6.61 Å². The lowest BCUT2D eigenvalue weighted by atomic mass is 10.2. The van der Waals surface area contributed by atoms with Gasteiger partial charge in [-0.15, -0.1) is 0 Å². The van der Waals surface area contributed by atoms with E-state index in [4.69, 9.17) is 25.8 Å². The molecule has 0 bridgehead atoms. The molecule has 1 aromatic carbocycles. The average Bonchev–Trinajstić information content (AvgIpc) is 2.59. The number of carbonyl (C=O) groups is 1. The molecule has 0 N–H and O–H groups in total. The van der Waals surface area contributed by atoms with E-state index in [1.165, 1.54) is 7.11 Å². The van der Waals surface area contributed by atoms with Crippen LogP contribution in [0.5, 0.6) is 11.5 Å². The summed E-state index contributed by atoms with van der Waals surface area (Å²) in [4.78, 5) is 16.2. The molecule has 128 valence electrons. The lowest BCUT2D eigenvalue weighted by molar-refractivity contribution is 0.0472. The summed E-state index contributed by atoms with van der Waals surface area (Å²) in [6.45, 7) is 2.68. The van der Waals surface area contributed by atoms with Gasteiger partial charge in [0, 0.05) is 11.8 Å². The van der Waals surface area contributed by atoms with Crippen molar-refractivity contribution in [3.63, 3.8) is 0 Å². The third kappa shape index (κ3) is 4.85. The van der Waals surface area contributed by atoms with Crippen LogP contribution in [0.25, 0.3) is 0 Å². The Bertz CT molecular complexity index is 706. The van der Waals surface area contributed by atoms with Gasteiger partial charge in [0.1, 0.15) is 11.8 Å². The number of rotatable bonds is 7. The molecule has 0 aliphatic carbocycles. The monoisotopic (exact) mass is 413 g/mol. The molecule has 0 aliphatic rings. The molecular weight excluding hydrogens is 398 g/mol. The van der Waals surface area contributed by atoms with Gasteiger partial charge in [-0.3, -0.25) is 0 Å². The Morgan fingerprint density at radius 3 is 2.75 bits per heavy atom. The maximum atomic E-state index is 12.2. The second-order valence-electron chi connectivity index (χ2n) is 4.90. The first-order valence-corrected chi connectivity index (χ1v) is 8.50. The normalized spacial score (nSPS) is 10.3. The quantitative estimate of drug-likeness (QED) is 0.487. The highest BCUT2D eigenvalue weighted by Gasteiger charge is 2.16. The molecule has 0 fully saturated rings. The molecule has 7 heteroatoms. The summed E-state index contributed by atoms with van der Waals surface area (Å²) in [5.74, 6) is 0.571. The van der Waals surface area contributed by atoms with E-state index < -0.39 is 5.97 Å². The third-order valence-electron chi connectivity index (χ3n) is 3.07. The van der Waals surface area contributed by atoms with E-state index in [1.807, 2.05) is 6.92 Å². The van der Waals surface area contributed by atoms with Gasteiger partial charge < -0.3 is 14.2 Å². The number of ether oxygens (including phenoxy) is 3. The minimum absolute atomic E-state index is 0.108. The number of halogens is 2. The van der Waals surface area contributed by atoms with Gasteiger partial charge in [-0.1, -0.05) is 24.6 Å². The molecule has 0 atom stereocenters. The van der Waals surface area contributed by atoms with Gasteiger partial charge in [-0.25, -0.2) is 9.78 Å². The number of carbonyl (C=O) groups excluding carboxylic acids is 1. The largest absolute Gasteiger partial charge is 0.493 e. The zero-order valence-electron chi connectivity index (χ0n) is 13.3. The fourth-order valence-electron chi connectivity index (χ4n) is 1.91. The third-order valence-corrected chi connectivity index (χ3v) is 3.89. The number of aromatic nitrogens is 1. The number of hydrogen-bond acceptors (Lipinski definition) is 5. The summed E-state index contributed by atoms with van der Waals surface area (Å²) in [5.41, 5.74) is 1.12. The summed E-state index contributed by atoms with van der Waals surface area (Å²) >= 11 is 9.13. The zero-order chi connectivity index (χ0) is 17.5. The van der Waals surface area contributed by atoms with E-state index in [0.717, 1.165) is 12.0 Å². The van der Waals surface area contributed by atoms with Crippen LogP contribution in [0.15, 0.2) is 34.9 Å². The smallest absolute Gasteiger partial charge is 0.338 e. The highest BCUT2D eigenvalue weighted by molar-refractivity contribution is 9.10. The van der Waals surface area contributed by atoms with E-state index >= 15 is 0 Å². The van der Waals surface area contributed by atoms with E-state index in [9.17, 15) is 4.79 Å². The highest BCUT2D eigenvalue weighted by Crippen LogP contribution is 2.37. The van der Waals surface area contributed by atoms with Crippen molar-refractivity contribution in [1.82, 2.24) is 4.98 Å². The lowest BCUT2D eigenvalue weighted by Gasteiger charge is -2.13. The van der Waals surface area contributed by atoms with E-state index in [1.54, 1.807) is 30.5 Å². The van der Waals surface area contributed by atoms with Crippen LogP contribution in [-0.2, 0) is 11.3 Å². The molecule has 0 spiro atoms. The van der Waals surface area contributed by atoms with Gasteiger partial charge in [0.25, 0.3) is 0 Å². The van der Waals surface area contributed by atoms with Crippen molar-refractivity contribution in [1.29, 1.82) is 0 Å². The fourth-order valence-corrected chi connectivity index (χ4v) is 2.57. The zero-order valence-corrected chi connectivity index (χ0v) is 15.7. The number of methoxy groups -OCH3 is 1. The SMILES string of the molecule is CCCOc1c(Br)cc(C(=O)OCc2ccc(Cl)nc2)cc1OC. The van der Waals surface area contributed by atoms with Gasteiger partial charge in [-0.2, -0.15) is 0 Å². The number of nitrogens with zero attached hydrogens (tertiary/aromatic N) is 1. The predicted octanol–water partition coefficient (Wildman–Crippen LogP) is 4.65. The van der Waals surface area contributed by atoms with E-state index in [2.05, 4.69) is 20.9 Å². The molecular formula is C17H17BrClNO4. The summed E-state index contributed by atoms with van der Waals surface area (Å²) in [6.07, 6.45) is 2.43. The summed E-state index contributed by atoms with van der Waals surface area (Å²) < 4.78 is 16.9. The molecule has 1 aromatic heterocycles. The predicted molar refractivity (Wildman–Crippen MR) is 94.8 cm³/mol. The van der Waals surface area contributed by atoms with Crippen LogP contribution in [0, 0.1) is 0 Å². The molecule has 5 nitrogen and oxygen atoms in total. The standard InChI is InChI=1S/C17H17BrClNO4/c1-3-6-23-16-13(18)7-12(8-14(16)22-2)17(21)24-10-11-4-5-15(19)20-9-11/h4-5,7-9H,3,6,10H2,1-2H3. The van der Waals surface area contributed by atoms with E-state index in [0.29, 0.717) is 33.3 Å². The van der Waals surface area contributed by atoms with Crippen molar-refractivity contribution < 1.29 is 19.0 Å². The second kappa shape index (κ2) is 8.89. The second-order valence-corrected chi connectivity index (χ2v) is 6.14. The minimum Gasteiger partial charge on any atom is -0.493 e. The van der Waals surface area contributed by atoms with Crippen LogP contribution in [0.4, 0.5) is 0 Å². The first-order valence-electron chi connectivity index (χ1n) is 7.33. The van der Waals surface area contributed by atoms with Crippen molar-refractivity contribution in [3.8, 4) is 11.5 Å². The van der Waals surface area contributed by atoms with Gasteiger partial charge >= 0.3 is 5.97 Å². The van der Waals surface area contributed by atoms with Crippen LogP contribution in [0.2, 0.25) is 5.15 Å². The highest BCUT2D eigenvalue weighted by atomic mass is 79.9. The average molecular weight is 415 g/mol. The van der Waals surface area contributed by atoms with Gasteiger partial charge in [0.15, 0.2) is 11.5 Å². The number of esters is 1. The van der Waals surface area contributed by atoms with Crippen LogP contribution in [0.1, 0.15) is 29.3 Å². The van der Waals surface area contributed by atoms with Crippen molar-refractivity contribution in [2.24, 2.45) is 0 Å². The van der Waals surface area contributed by atoms with Crippen molar-refractivity contribution >= 4 is 33.5 Å². The maximum Gasteiger partial charge on any atom is 0.338 e. The Kier molecular flexibility index (Phi) is 6.87. The Hall–Kier alpha value is -1.79. The molecule has 2 aromatic rings. The Labute approximate surface area is 154 Å². The minimum atomic E-state index is -0.467. The van der Waals surface area contributed by atoms with Gasteiger partial charge in [0.2, 0.25) is 0 Å². The molecule has 2 rings (SSSR count). The summed E-state index contributed by atoms with van der Waals surface area (Å²) in [5, 5.41) is 0.390. The Morgan fingerprint density at radius 1 is 1.33 bits per heavy atom. The van der Waals surface area contributed by atoms with Crippen LogP contribution < -0.4 is 9.47 Å². The molecule has 0 unspecified atom stereocenters. The topological polar surface area (TPSA) is 57.7 Å². The van der Waals surface area contributed by atoms with Crippen LogP contribution in [-0.4, -0.2) is 24.7 Å². The van der Waals surface area contributed by atoms with Crippen molar-refractivity contribution in [2.75, 3.05) is 13.7 Å². The number of benzene rings is 1. The van der Waals surface area contributed by atoms with Crippen molar-refractivity contribution in [2.45, 2.75) is 20.0 Å². The Morgan fingerprint density at radius 2 is 2.12 bits per heavy atom. The molecule has 24 heavy (non-hydrogen) atoms. The maximum absolute atomic E-state index is 12.2. The molecule has 0 saturated carbocycles. The fraction of sp³-hybridized carbons (Fsp3) is 0.294. The summed E-state index contributed by atoms with van der Waals surface area (Å²) in [7, 11) is 1.52. The molecule has 0 saturated heterocycles.